The Morgan fingerprint density at radius 1 is 1.24 bits per heavy atom. The van der Waals surface area contributed by atoms with E-state index in [0.717, 1.165) is 29.4 Å². The van der Waals surface area contributed by atoms with Crippen LogP contribution in [0.25, 0.3) is 22.0 Å². The third-order valence-corrected chi connectivity index (χ3v) is 6.43. The summed E-state index contributed by atoms with van der Waals surface area (Å²) in [6.07, 6.45) is 7.66. The molecule has 5 rings (SSSR count). The Morgan fingerprint density at radius 3 is 2.82 bits per heavy atom. The van der Waals surface area contributed by atoms with Gasteiger partial charge in [0.05, 0.1) is 30.4 Å². The van der Waals surface area contributed by atoms with Crippen LogP contribution in [-0.4, -0.2) is 49.6 Å². The number of alkyl halides is 1. The fourth-order valence-corrected chi connectivity index (χ4v) is 4.51. The van der Waals surface area contributed by atoms with Crippen molar-refractivity contribution in [1.29, 1.82) is 5.26 Å². The van der Waals surface area contributed by atoms with Crippen LogP contribution in [0.3, 0.4) is 0 Å². The molecule has 3 aromatic rings. The van der Waals surface area contributed by atoms with Crippen LogP contribution in [0.1, 0.15) is 55.4 Å². The van der Waals surface area contributed by atoms with Gasteiger partial charge >= 0.3 is 0 Å². The lowest BCUT2D eigenvalue weighted by Crippen LogP contribution is -2.36. The largest absolute Gasteiger partial charge is 0.323 e. The van der Waals surface area contributed by atoms with E-state index < -0.39 is 11.7 Å². The molecule has 2 atom stereocenters. The molecule has 2 aromatic heterocycles. The number of nitriles is 1. The zero-order valence-corrected chi connectivity index (χ0v) is 18.4. The molecule has 2 aliphatic rings. The van der Waals surface area contributed by atoms with Crippen LogP contribution in [0.2, 0.25) is 0 Å². The van der Waals surface area contributed by atoms with Crippen molar-refractivity contribution in [1.82, 2.24) is 19.7 Å². The maximum atomic E-state index is 14.3. The SMILES string of the molecule is CC1(F)C[C@@H](C#N)N(C(=O)CCC(=O)c2ccnc3ccc(-c4cnn(C5CC5)c4)cc23)C1. The Labute approximate surface area is 190 Å². The van der Waals surface area contributed by atoms with E-state index >= 15 is 0 Å². The maximum absolute atomic E-state index is 14.3. The number of hydrogen-bond acceptors (Lipinski definition) is 5. The van der Waals surface area contributed by atoms with Gasteiger partial charge in [0, 0.05) is 48.2 Å². The molecule has 1 saturated carbocycles. The average Bonchev–Trinajstić information content (AvgIpc) is 3.45. The van der Waals surface area contributed by atoms with E-state index in [1.807, 2.05) is 41.3 Å². The number of fused-ring (bicyclic) bond motifs is 1. The highest BCUT2D eigenvalue weighted by Crippen LogP contribution is 2.36. The lowest BCUT2D eigenvalue weighted by Gasteiger charge is -2.19. The van der Waals surface area contributed by atoms with E-state index in [1.165, 1.54) is 11.8 Å². The van der Waals surface area contributed by atoms with Crippen LogP contribution in [-0.2, 0) is 4.79 Å². The lowest BCUT2D eigenvalue weighted by molar-refractivity contribution is -0.131. The molecule has 8 heteroatoms. The molecule has 0 radical (unpaired) electrons. The molecule has 1 unspecified atom stereocenters. The summed E-state index contributed by atoms with van der Waals surface area (Å²) < 4.78 is 16.3. The Morgan fingerprint density at radius 2 is 2.06 bits per heavy atom. The summed E-state index contributed by atoms with van der Waals surface area (Å²) in [7, 11) is 0. The summed E-state index contributed by atoms with van der Waals surface area (Å²) in [6, 6.07) is 9.14. The van der Waals surface area contributed by atoms with Gasteiger partial charge in [0.25, 0.3) is 0 Å². The number of likely N-dealkylation sites (tertiary alicyclic amines) is 1. The minimum atomic E-state index is -1.58. The summed E-state index contributed by atoms with van der Waals surface area (Å²) >= 11 is 0. The normalized spacial score (nSPS) is 22.5. The average molecular weight is 445 g/mol. The summed E-state index contributed by atoms with van der Waals surface area (Å²) in [5.74, 6) is -0.555. The summed E-state index contributed by atoms with van der Waals surface area (Å²) in [5.41, 5.74) is 1.54. The molecule has 1 aliphatic carbocycles. The summed E-state index contributed by atoms with van der Waals surface area (Å²) in [6.45, 7) is 1.28. The van der Waals surface area contributed by atoms with Crippen molar-refractivity contribution in [3.8, 4) is 17.2 Å². The standard InChI is InChI=1S/C25H24FN5O2/c1-25(26)11-19(12-27)30(15-25)24(33)7-6-23(32)20-8-9-28-22-5-2-16(10-21(20)22)17-13-29-31(14-17)18-3-4-18/h2,5,8-10,13-14,18-19H,3-4,6-7,11,15H2,1H3/t19-,25?/m0/s1. The molecule has 168 valence electrons. The molecule has 33 heavy (non-hydrogen) atoms. The maximum Gasteiger partial charge on any atom is 0.224 e. The van der Waals surface area contributed by atoms with Crippen molar-refractivity contribution in [2.24, 2.45) is 0 Å². The van der Waals surface area contributed by atoms with E-state index in [4.69, 9.17) is 0 Å². The molecule has 1 aliphatic heterocycles. The second-order valence-electron chi connectivity index (χ2n) is 9.24. The fraction of sp³-hybridized carbons (Fsp3) is 0.400. The number of Topliss-reactive ketones (excluding diaryl/α,β-unsaturated/α-hetero) is 1. The molecule has 0 spiro atoms. The third kappa shape index (κ3) is 4.23. The number of carbonyl (C=O) groups is 2. The van der Waals surface area contributed by atoms with Gasteiger partial charge < -0.3 is 4.90 Å². The number of hydrogen-bond donors (Lipinski definition) is 0. The lowest BCUT2D eigenvalue weighted by atomic mass is 9.99. The van der Waals surface area contributed by atoms with E-state index in [0.29, 0.717) is 17.1 Å². The van der Waals surface area contributed by atoms with Gasteiger partial charge in [-0.3, -0.25) is 19.3 Å². The third-order valence-electron chi connectivity index (χ3n) is 6.43. The second kappa shape index (κ2) is 8.07. The Hall–Kier alpha value is -3.60. The van der Waals surface area contributed by atoms with Crippen LogP contribution in [0.4, 0.5) is 4.39 Å². The number of aromatic nitrogens is 3. The monoisotopic (exact) mass is 445 g/mol. The van der Waals surface area contributed by atoms with Gasteiger partial charge in [-0.1, -0.05) is 6.07 Å². The highest BCUT2D eigenvalue weighted by molar-refractivity contribution is 6.08. The van der Waals surface area contributed by atoms with Crippen LogP contribution < -0.4 is 0 Å². The Balaban J connectivity index is 1.34. The van der Waals surface area contributed by atoms with Gasteiger partial charge in [-0.2, -0.15) is 10.4 Å². The van der Waals surface area contributed by atoms with Gasteiger partial charge in [0.15, 0.2) is 5.78 Å². The number of halogens is 1. The van der Waals surface area contributed by atoms with Crippen molar-refractivity contribution in [2.75, 3.05) is 6.54 Å². The molecule has 0 N–H and O–H groups in total. The molecular weight excluding hydrogens is 421 g/mol. The van der Waals surface area contributed by atoms with Gasteiger partial charge in [-0.25, -0.2) is 4.39 Å². The van der Waals surface area contributed by atoms with E-state index in [2.05, 4.69) is 10.1 Å². The molecule has 3 heterocycles. The molecule has 2 fully saturated rings. The predicted molar refractivity (Wildman–Crippen MR) is 120 cm³/mol. The Kier molecular flexibility index (Phi) is 5.20. The highest BCUT2D eigenvalue weighted by Gasteiger charge is 2.43. The van der Waals surface area contributed by atoms with E-state index in [-0.39, 0.29) is 37.5 Å². The number of amides is 1. The molecule has 0 bridgehead atoms. The highest BCUT2D eigenvalue weighted by atomic mass is 19.1. The molecular formula is C25H24FN5O2. The van der Waals surface area contributed by atoms with Gasteiger partial charge in [-0.05, 0) is 43.5 Å². The molecule has 1 amide bonds. The van der Waals surface area contributed by atoms with Crippen LogP contribution in [0, 0.1) is 11.3 Å². The van der Waals surface area contributed by atoms with Crippen molar-refractivity contribution < 1.29 is 14.0 Å². The zero-order chi connectivity index (χ0) is 23.2. The van der Waals surface area contributed by atoms with Crippen molar-refractivity contribution in [2.45, 2.75) is 56.8 Å². The number of rotatable bonds is 6. The quantitative estimate of drug-likeness (QED) is 0.529. The van der Waals surface area contributed by atoms with E-state index in [9.17, 15) is 19.2 Å². The van der Waals surface area contributed by atoms with Crippen molar-refractivity contribution >= 4 is 22.6 Å². The molecule has 1 saturated heterocycles. The van der Waals surface area contributed by atoms with Crippen molar-refractivity contribution in [3.05, 3.63) is 48.4 Å². The first-order valence-electron chi connectivity index (χ1n) is 11.2. The predicted octanol–water partition coefficient (Wildman–Crippen LogP) is 4.25. The Bertz CT molecular complexity index is 1290. The fourth-order valence-electron chi connectivity index (χ4n) is 4.51. The molecule has 1 aromatic carbocycles. The van der Waals surface area contributed by atoms with Gasteiger partial charge in [0.1, 0.15) is 11.7 Å². The first-order chi connectivity index (χ1) is 15.8. The summed E-state index contributed by atoms with van der Waals surface area (Å²) in [4.78, 5) is 31.3. The number of benzene rings is 1. The topological polar surface area (TPSA) is 91.9 Å². The number of pyridine rings is 1. The van der Waals surface area contributed by atoms with Crippen LogP contribution in [0.5, 0.6) is 0 Å². The first-order valence-corrected chi connectivity index (χ1v) is 11.2. The zero-order valence-electron chi connectivity index (χ0n) is 18.4. The molecule has 7 nitrogen and oxygen atoms in total. The smallest absolute Gasteiger partial charge is 0.224 e. The van der Waals surface area contributed by atoms with Crippen LogP contribution >= 0.6 is 0 Å². The summed E-state index contributed by atoms with van der Waals surface area (Å²) in [5, 5.41) is 14.4. The van der Waals surface area contributed by atoms with Gasteiger partial charge in [-0.15, -0.1) is 0 Å². The second-order valence-corrected chi connectivity index (χ2v) is 9.24. The van der Waals surface area contributed by atoms with E-state index in [1.54, 1.807) is 12.3 Å². The minimum absolute atomic E-state index is 0.00170. The first kappa shape index (κ1) is 21.3. The number of ketones is 1. The number of carbonyl (C=O) groups excluding carboxylic acids is 2. The number of nitrogens with zero attached hydrogens (tertiary/aromatic N) is 5. The van der Waals surface area contributed by atoms with Crippen LogP contribution in [0.15, 0.2) is 42.9 Å². The van der Waals surface area contributed by atoms with Crippen molar-refractivity contribution in [3.63, 3.8) is 0 Å². The minimum Gasteiger partial charge on any atom is -0.323 e. The van der Waals surface area contributed by atoms with Gasteiger partial charge in [0.2, 0.25) is 5.91 Å².